The number of nitrogens with zero attached hydrogens (tertiary/aromatic N) is 1. The minimum absolute atomic E-state index is 0.112. The lowest BCUT2D eigenvalue weighted by Crippen LogP contribution is -2.35. The van der Waals surface area contributed by atoms with Gasteiger partial charge in [-0.25, -0.2) is 0 Å². The Balaban J connectivity index is 2.03. The largest absolute Gasteiger partial charge is 0.384 e. The Morgan fingerprint density at radius 3 is 2.67 bits per heavy atom. The zero-order chi connectivity index (χ0) is 13.2. The van der Waals surface area contributed by atoms with Crippen LogP contribution in [0.15, 0.2) is 22.7 Å². The molecule has 1 saturated carbocycles. The number of rotatable bonds is 5. The predicted octanol–water partition coefficient (Wildman–Crippen LogP) is 4.35. The minimum atomic E-state index is -0.381. The molecule has 5 heteroatoms. The molecule has 0 radical (unpaired) electrons. The Labute approximate surface area is 115 Å². The van der Waals surface area contributed by atoms with Crippen LogP contribution < -0.4 is 5.32 Å². The summed E-state index contributed by atoms with van der Waals surface area (Å²) in [4.78, 5) is 10.3. The van der Waals surface area contributed by atoms with Gasteiger partial charge in [0.15, 0.2) is 0 Å². The number of benzene rings is 1. The van der Waals surface area contributed by atoms with E-state index in [9.17, 15) is 10.1 Å². The van der Waals surface area contributed by atoms with Gasteiger partial charge in [0, 0.05) is 28.8 Å². The Bertz CT molecular complexity index is 453. The van der Waals surface area contributed by atoms with Crippen LogP contribution in [0.5, 0.6) is 0 Å². The number of hydrogen-bond acceptors (Lipinski definition) is 3. The third-order valence-corrected chi connectivity index (χ3v) is 4.64. The first kappa shape index (κ1) is 13.3. The van der Waals surface area contributed by atoms with Gasteiger partial charge in [0.1, 0.15) is 0 Å². The summed E-state index contributed by atoms with van der Waals surface area (Å²) < 4.78 is 0.752. The van der Waals surface area contributed by atoms with E-state index in [0.29, 0.717) is 5.41 Å². The van der Waals surface area contributed by atoms with Crippen LogP contribution in [0.25, 0.3) is 0 Å². The smallest absolute Gasteiger partial charge is 0.270 e. The maximum atomic E-state index is 10.6. The molecular formula is C13H17BrN2O2. The first-order valence-electron chi connectivity index (χ1n) is 6.24. The quantitative estimate of drug-likeness (QED) is 0.649. The summed E-state index contributed by atoms with van der Waals surface area (Å²) in [5.74, 6) is 0. The normalized spacial score (nSPS) is 17.0. The van der Waals surface area contributed by atoms with E-state index < -0.39 is 0 Å². The molecule has 0 atom stereocenters. The predicted molar refractivity (Wildman–Crippen MR) is 75.9 cm³/mol. The maximum Gasteiger partial charge on any atom is 0.270 e. The molecule has 98 valence electrons. The van der Waals surface area contributed by atoms with E-state index >= 15 is 0 Å². The number of halogens is 1. The molecule has 0 aliphatic heterocycles. The third-order valence-electron chi connectivity index (χ3n) is 3.98. The van der Waals surface area contributed by atoms with Gasteiger partial charge in [-0.05, 0) is 46.7 Å². The molecule has 2 rings (SSSR count). The zero-order valence-corrected chi connectivity index (χ0v) is 12.0. The van der Waals surface area contributed by atoms with Crippen molar-refractivity contribution in [2.24, 2.45) is 5.41 Å². The topological polar surface area (TPSA) is 55.2 Å². The van der Waals surface area contributed by atoms with Crippen LogP contribution in [0, 0.1) is 15.5 Å². The fourth-order valence-corrected chi connectivity index (χ4v) is 2.88. The summed E-state index contributed by atoms with van der Waals surface area (Å²) in [5, 5.41) is 14.1. The standard InChI is InChI=1S/C13H17BrN2O2/c1-2-13(6-3-7-13)9-15-12-5-4-10(16(17)18)8-11(12)14/h4-5,8,15H,2-3,6-7,9H2,1H3. The van der Waals surface area contributed by atoms with E-state index in [4.69, 9.17) is 0 Å². The molecule has 1 N–H and O–H groups in total. The van der Waals surface area contributed by atoms with E-state index in [-0.39, 0.29) is 10.6 Å². The molecule has 4 nitrogen and oxygen atoms in total. The molecule has 1 aliphatic rings. The fourth-order valence-electron chi connectivity index (χ4n) is 2.38. The summed E-state index contributed by atoms with van der Waals surface area (Å²) in [6.45, 7) is 3.17. The second-order valence-electron chi connectivity index (χ2n) is 4.98. The van der Waals surface area contributed by atoms with Crippen LogP contribution in [0.4, 0.5) is 11.4 Å². The van der Waals surface area contributed by atoms with Crippen molar-refractivity contribution in [3.8, 4) is 0 Å². The minimum Gasteiger partial charge on any atom is -0.384 e. The first-order chi connectivity index (χ1) is 8.56. The maximum absolute atomic E-state index is 10.6. The Morgan fingerprint density at radius 2 is 2.22 bits per heavy atom. The molecule has 0 unspecified atom stereocenters. The van der Waals surface area contributed by atoms with E-state index in [1.165, 1.54) is 31.7 Å². The lowest BCUT2D eigenvalue weighted by atomic mass is 9.67. The van der Waals surface area contributed by atoms with Crippen molar-refractivity contribution in [1.82, 2.24) is 0 Å². The fraction of sp³-hybridized carbons (Fsp3) is 0.538. The molecule has 0 aromatic heterocycles. The Kier molecular flexibility index (Phi) is 3.90. The second kappa shape index (κ2) is 5.26. The first-order valence-corrected chi connectivity index (χ1v) is 7.03. The van der Waals surface area contributed by atoms with Gasteiger partial charge in [-0.3, -0.25) is 10.1 Å². The van der Waals surface area contributed by atoms with Crippen LogP contribution in [-0.2, 0) is 0 Å². The monoisotopic (exact) mass is 312 g/mol. The van der Waals surface area contributed by atoms with Crippen molar-refractivity contribution in [2.45, 2.75) is 32.6 Å². The molecule has 0 amide bonds. The van der Waals surface area contributed by atoms with Gasteiger partial charge in [-0.1, -0.05) is 13.3 Å². The number of anilines is 1. The lowest BCUT2D eigenvalue weighted by molar-refractivity contribution is -0.384. The number of nitro benzene ring substituents is 1. The lowest BCUT2D eigenvalue weighted by Gasteiger charge is -2.41. The van der Waals surface area contributed by atoms with Crippen molar-refractivity contribution >= 4 is 27.3 Å². The SMILES string of the molecule is CCC1(CNc2ccc([N+](=O)[O-])cc2Br)CCC1. The number of hydrogen-bond donors (Lipinski definition) is 1. The highest BCUT2D eigenvalue weighted by molar-refractivity contribution is 9.10. The molecule has 1 aromatic carbocycles. The molecule has 0 saturated heterocycles. The summed E-state index contributed by atoms with van der Waals surface area (Å²) in [6, 6.07) is 4.85. The molecule has 18 heavy (non-hydrogen) atoms. The van der Waals surface area contributed by atoms with Crippen molar-refractivity contribution < 1.29 is 4.92 Å². The number of non-ortho nitro benzene ring substituents is 1. The van der Waals surface area contributed by atoms with E-state index in [1.807, 2.05) is 0 Å². The van der Waals surface area contributed by atoms with E-state index in [1.54, 1.807) is 12.1 Å². The average molecular weight is 313 g/mol. The highest BCUT2D eigenvalue weighted by Gasteiger charge is 2.34. The highest BCUT2D eigenvalue weighted by atomic mass is 79.9. The molecule has 1 fully saturated rings. The van der Waals surface area contributed by atoms with Gasteiger partial charge in [-0.15, -0.1) is 0 Å². The van der Waals surface area contributed by atoms with Crippen LogP contribution >= 0.6 is 15.9 Å². The molecule has 0 spiro atoms. The van der Waals surface area contributed by atoms with Crippen LogP contribution in [0.2, 0.25) is 0 Å². The highest BCUT2D eigenvalue weighted by Crippen LogP contribution is 2.44. The Morgan fingerprint density at radius 1 is 1.50 bits per heavy atom. The van der Waals surface area contributed by atoms with Crippen molar-refractivity contribution in [3.63, 3.8) is 0 Å². The molecule has 0 bridgehead atoms. The Hall–Kier alpha value is -1.10. The van der Waals surface area contributed by atoms with Crippen LogP contribution in [-0.4, -0.2) is 11.5 Å². The number of nitrogens with one attached hydrogen (secondary N) is 1. The summed E-state index contributed by atoms with van der Waals surface area (Å²) in [7, 11) is 0. The molecular weight excluding hydrogens is 296 g/mol. The zero-order valence-electron chi connectivity index (χ0n) is 10.4. The van der Waals surface area contributed by atoms with E-state index in [2.05, 4.69) is 28.2 Å². The van der Waals surface area contributed by atoms with Crippen molar-refractivity contribution in [3.05, 3.63) is 32.8 Å². The molecule has 1 aromatic rings. The van der Waals surface area contributed by atoms with Crippen LogP contribution in [0.3, 0.4) is 0 Å². The average Bonchev–Trinajstić information content (AvgIpc) is 2.29. The summed E-state index contributed by atoms with van der Waals surface area (Å²) in [6.07, 6.45) is 5.06. The molecule has 0 heterocycles. The van der Waals surface area contributed by atoms with Gasteiger partial charge >= 0.3 is 0 Å². The second-order valence-corrected chi connectivity index (χ2v) is 5.84. The third kappa shape index (κ3) is 2.66. The van der Waals surface area contributed by atoms with Crippen molar-refractivity contribution in [1.29, 1.82) is 0 Å². The van der Waals surface area contributed by atoms with Gasteiger partial charge in [0.25, 0.3) is 5.69 Å². The number of nitro groups is 1. The van der Waals surface area contributed by atoms with Gasteiger partial charge in [0.2, 0.25) is 0 Å². The van der Waals surface area contributed by atoms with Crippen LogP contribution in [0.1, 0.15) is 32.6 Å². The van der Waals surface area contributed by atoms with Gasteiger partial charge in [-0.2, -0.15) is 0 Å². The summed E-state index contributed by atoms with van der Waals surface area (Å²) in [5.41, 5.74) is 1.47. The molecule has 1 aliphatic carbocycles. The van der Waals surface area contributed by atoms with Gasteiger partial charge < -0.3 is 5.32 Å². The summed E-state index contributed by atoms with van der Waals surface area (Å²) >= 11 is 3.38. The van der Waals surface area contributed by atoms with Crippen molar-refractivity contribution in [2.75, 3.05) is 11.9 Å². The van der Waals surface area contributed by atoms with E-state index in [0.717, 1.165) is 16.7 Å². The van der Waals surface area contributed by atoms with Gasteiger partial charge in [0.05, 0.1) is 4.92 Å².